The van der Waals surface area contributed by atoms with E-state index in [0.717, 1.165) is 25.1 Å². The number of aryl methyl sites for hydroxylation is 3. The van der Waals surface area contributed by atoms with Gasteiger partial charge >= 0.3 is 0 Å². The average molecular weight is 386 g/mol. The fourth-order valence-electron chi connectivity index (χ4n) is 4.10. The van der Waals surface area contributed by atoms with Gasteiger partial charge in [0, 0.05) is 43.6 Å². The largest absolute Gasteiger partial charge is 0.371 e. The maximum atomic E-state index is 4.53. The number of rotatable bonds is 4. The van der Waals surface area contributed by atoms with Crippen LogP contribution >= 0.6 is 12.4 Å². The van der Waals surface area contributed by atoms with Gasteiger partial charge < -0.3 is 9.47 Å². The SMILES string of the molecule is Cc1nn(C)c(C)c1CCn1cncc1-c1ccc2c(c1)CC(C)N2C.Cl. The number of aromatic nitrogens is 4. The zero-order valence-electron chi connectivity index (χ0n) is 16.7. The molecule has 6 heteroatoms. The second kappa shape index (κ2) is 7.39. The number of hydrogen-bond donors (Lipinski definition) is 0. The molecule has 4 rings (SSSR count). The number of likely N-dealkylation sites (N-methyl/N-ethyl adjacent to an activating group) is 1. The summed E-state index contributed by atoms with van der Waals surface area (Å²) in [5, 5.41) is 4.53. The minimum atomic E-state index is 0. The normalized spacial score (nSPS) is 15.7. The number of anilines is 1. The molecule has 144 valence electrons. The highest BCUT2D eigenvalue weighted by molar-refractivity contribution is 5.85. The summed E-state index contributed by atoms with van der Waals surface area (Å²) in [6.07, 6.45) is 6.01. The molecule has 0 spiro atoms. The van der Waals surface area contributed by atoms with Crippen molar-refractivity contribution in [2.45, 2.75) is 46.2 Å². The first-order valence-electron chi connectivity index (χ1n) is 9.31. The first kappa shape index (κ1) is 19.5. The van der Waals surface area contributed by atoms with E-state index in [9.17, 15) is 0 Å². The number of halogens is 1. The van der Waals surface area contributed by atoms with Gasteiger partial charge in [-0.15, -0.1) is 12.4 Å². The van der Waals surface area contributed by atoms with Crippen LogP contribution in [0.1, 0.15) is 29.4 Å². The molecule has 1 unspecified atom stereocenters. The van der Waals surface area contributed by atoms with Gasteiger partial charge in [0.2, 0.25) is 0 Å². The fourth-order valence-corrected chi connectivity index (χ4v) is 4.10. The van der Waals surface area contributed by atoms with Crippen molar-refractivity contribution in [1.82, 2.24) is 19.3 Å². The maximum Gasteiger partial charge on any atom is 0.0951 e. The lowest BCUT2D eigenvalue weighted by Gasteiger charge is -2.18. The molecule has 0 amide bonds. The highest BCUT2D eigenvalue weighted by Crippen LogP contribution is 2.34. The third kappa shape index (κ3) is 3.36. The van der Waals surface area contributed by atoms with Crippen LogP contribution in [0, 0.1) is 13.8 Å². The highest BCUT2D eigenvalue weighted by atomic mass is 35.5. The lowest BCUT2D eigenvalue weighted by atomic mass is 10.0. The number of nitrogens with zero attached hydrogens (tertiary/aromatic N) is 5. The van der Waals surface area contributed by atoms with E-state index in [1.165, 1.54) is 33.8 Å². The average Bonchev–Trinajstić information content (AvgIpc) is 3.25. The molecule has 3 aromatic rings. The zero-order valence-corrected chi connectivity index (χ0v) is 17.5. The van der Waals surface area contributed by atoms with E-state index in [0.29, 0.717) is 6.04 Å². The minimum absolute atomic E-state index is 0. The van der Waals surface area contributed by atoms with Crippen molar-refractivity contribution in [3.05, 3.63) is 53.2 Å². The van der Waals surface area contributed by atoms with Crippen LogP contribution in [-0.4, -0.2) is 32.4 Å². The molecule has 2 aromatic heterocycles. The van der Waals surface area contributed by atoms with E-state index < -0.39 is 0 Å². The van der Waals surface area contributed by atoms with Gasteiger partial charge in [-0.05, 0) is 56.9 Å². The minimum Gasteiger partial charge on any atom is -0.371 e. The topological polar surface area (TPSA) is 38.9 Å². The molecule has 1 aliphatic heterocycles. The van der Waals surface area contributed by atoms with Gasteiger partial charge in [0.1, 0.15) is 0 Å². The predicted octanol–water partition coefficient (Wildman–Crippen LogP) is 3.95. The second-order valence-electron chi connectivity index (χ2n) is 7.50. The van der Waals surface area contributed by atoms with Crippen molar-refractivity contribution in [3.63, 3.8) is 0 Å². The Morgan fingerprint density at radius 3 is 2.67 bits per heavy atom. The standard InChI is InChI=1S/C21H27N5.ClH/c1-14-10-18-11-17(6-7-20(18)24(14)4)21-12-22-13-26(21)9-8-19-15(2)23-25(5)16(19)3;/h6-7,11-14H,8-10H2,1-5H3;1H. The molecule has 0 saturated heterocycles. The van der Waals surface area contributed by atoms with Crippen molar-refractivity contribution >= 4 is 18.1 Å². The van der Waals surface area contributed by atoms with Crippen LogP contribution in [0.15, 0.2) is 30.7 Å². The van der Waals surface area contributed by atoms with Crippen molar-refractivity contribution in [2.75, 3.05) is 11.9 Å². The lowest BCUT2D eigenvalue weighted by molar-refractivity contribution is 0.693. The lowest BCUT2D eigenvalue weighted by Crippen LogP contribution is -2.23. The predicted molar refractivity (Wildman–Crippen MR) is 113 cm³/mol. The molecule has 27 heavy (non-hydrogen) atoms. The van der Waals surface area contributed by atoms with Crippen LogP contribution in [0.25, 0.3) is 11.3 Å². The second-order valence-corrected chi connectivity index (χ2v) is 7.50. The Kier molecular flexibility index (Phi) is 5.33. The first-order chi connectivity index (χ1) is 12.5. The highest BCUT2D eigenvalue weighted by Gasteiger charge is 2.23. The maximum absolute atomic E-state index is 4.53. The quantitative estimate of drug-likeness (QED) is 0.682. The van der Waals surface area contributed by atoms with Gasteiger partial charge in [0.05, 0.1) is 23.9 Å². The van der Waals surface area contributed by atoms with Crippen molar-refractivity contribution in [3.8, 4) is 11.3 Å². The van der Waals surface area contributed by atoms with Gasteiger partial charge in [-0.25, -0.2) is 4.98 Å². The third-order valence-corrected chi connectivity index (χ3v) is 5.91. The van der Waals surface area contributed by atoms with E-state index in [2.05, 4.69) is 65.6 Å². The molecule has 0 aliphatic carbocycles. The molecule has 1 aliphatic rings. The summed E-state index contributed by atoms with van der Waals surface area (Å²) in [7, 11) is 4.19. The molecular formula is C21H28ClN5. The molecule has 0 saturated carbocycles. The monoisotopic (exact) mass is 385 g/mol. The Hall–Kier alpha value is -2.27. The number of imidazole rings is 1. The third-order valence-electron chi connectivity index (χ3n) is 5.91. The summed E-state index contributed by atoms with van der Waals surface area (Å²) in [5.74, 6) is 0. The summed E-state index contributed by atoms with van der Waals surface area (Å²) in [6.45, 7) is 7.43. The Bertz CT molecular complexity index is 956. The van der Waals surface area contributed by atoms with Gasteiger partial charge in [-0.2, -0.15) is 5.10 Å². The van der Waals surface area contributed by atoms with Gasteiger partial charge in [-0.1, -0.05) is 6.07 Å². The van der Waals surface area contributed by atoms with Crippen molar-refractivity contribution in [2.24, 2.45) is 7.05 Å². The summed E-state index contributed by atoms with van der Waals surface area (Å²) in [5.41, 5.74) is 8.95. The van der Waals surface area contributed by atoms with Crippen LogP contribution in [0.5, 0.6) is 0 Å². The first-order valence-corrected chi connectivity index (χ1v) is 9.31. The van der Waals surface area contributed by atoms with E-state index >= 15 is 0 Å². The molecule has 1 atom stereocenters. The molecule has 3 heterocycles. The number of fused-ring (bicyclic) bond motifs is 1. The number of hydrogen-bond acceptors (Lipinski definition) is 3. The fraction of sp³-hybridized carbons (Fsp3) is 0.429. The van der Waals surface area contributed by atoms with Gasteiger partial charge in [0.15, 0.2) is 0 Å². The zero-order chi connectivity index (χ0) is 18.4. The Labute approximate surface area is 167 Å². The summed E-state index contributed by atoms with van der Waals surface area (Å²) < 4.78 is 4.23. The molecule has 0 radical (unpaired) electrons. The van der Waals surface area contributed by atoms with E-state index in [-0.39, 0.29) is 12.4 Å². The Balaban J connectivity index is 0.00000210. The van der Waals surface area contributed by atoms with Crippen LogP contribution in [0.3, 0.4) is 0 Å². The molecular weight excluding hydrogens is 358 g/mol. The summed E-state index contributed by atoms with van der Waals surface area (Å²) in [4.78, 5) is 6.78. The van der Waals surface area contributed by atoms with Gasteiger partial charge in [-0.3, -0.25) is 4.68 Å². The summed E-state index contributed by atoms with van der Waals surface area (Å²) >= 11 is 0. The molecule has 5 nitrogen and oxygen atoms in total. The summed E-state index contributed by atoms with van der Waals surface area (Å²) in [6, 6.07) is 7.38. The molecule has 1 aromatic carbocycles. The van der Waals surface area contributed by atoms with Crippen LogP contribution < -0.4 is 4.90 Å². The van der Waals surface area contributed by atoms with Crippen molar-refractivity contribution < 1.29 is 0 Å². The smallest absolute Gasteiger partial charge is 0.0951 e. The van der Waals surface area contributed by atoms with E-state index in [1.54, 1.807) is 0 Å². The van der Waals surface area contributed by atoms with Crippen LogP contribution in [-0.2, 0) is 26.4 Å². The van der Waals surface area contributed by atoms with E-state index in [4.69, 9.17) is 0 Å². The Morgan fingerprint density at radius 1 is 1.19 bits per heavy atom. The molecule has 0 fully saturated rings. The van der Waals surface area contributed by atoms with E-state index in [1.807, 2.05) is 24.3 Å². The van der Waals surface area contributed by atoms with Crippen LogP contribution in [0.4, 0.5) is 5.69 Å². The van der Waals surface area contributed by atoms with Gasteiger partial charge in [0.25, 0.3) is 0 Å². The van der Waals surface area contributed by atoms with Crippen LogP contribution in [0.2, 0.25) is 0 Å². The number of benzene rings is 1. The van der Waals surface area contributed by atoms with Crippen molar-refractivity contribution in [1.29, 1.82) is 0 Å². The molecule has 0 N–H and O–H groups in total. The Morgan fingerprint density at radius 2 is 1.96 bits per heavy atom. The molecule has 0 bridgehead atoms.